The van der Waals surface area contributed by atoms with E-state index in [4.69, 9.17) is 4.74 Å². The number of phenols is 1. The zero-order valence-corrected chi connectivity index (χ0v) is 11.4. The van der Waals surface area contributed by atoms with Gasteiger partial charge in [-0.15, -0.1) is 0 Å². The van der Waals surface area contributed by atoms with Crippen molar-refractivity contribution in [2.24, 2.45) is 0 Å². The van der Waals surface area contributed by atoms with Crippen molar-refractivity contribution in [3.8, 4) is 11.5 Å². The fourth-order valence-corrected chi connectivity index (χ4v) is 2.37. The van der Waals surface area contributed by atoms with Gasteiger partial charge in [-0.3, -0.25) is 4.79 Å². The summed E-state index contributed by atoms with van der Waals surface area (Å²) in [5, 5.41) is 9.49. The Balaban J connectivity index is 1.86. The van der Waals surface area contributed by atoms with Gasteiger partial charge in [-0.1, -0.05) is 12.1 Å². The summed E-state index contributed by atoms with van der Waals surface area (Å²) in [6, 6.07) is 10.6. The highest BCUT2D eigenvalue weighted by atomic mass is 19.1. The van der Waals surface area contributed by atoms with Crippen LogP contribution in [0.2, 0.25) is 0 Å². The van der Waals surface area contributed by atoms with E-state index in [1.54, 1.807) is 25.2 Å². The Morgan fingerprint density at radius 1 is 1.24 bits per heavy atom. The van der Waals surface area contributed by atoms with Gasteiger partial charge < -0.3 is 14.7 Å². The number of phenolic OH excluding ortho intramolecular Hbond substituents is 1. The molecule has 1 aliphatic heterocycles. The SMILES string of the molecule is CN1C(=O)C(Cc2ccc(F)cc2)Oc2ccc(O)cc21. The highest BCUT2D eigenvalue weighted by molar-refractivity contribution is 5.99. The highest BCUT2D eigenvalue weighted by Gasteiger charge is 2.32. The summed E-state index contributed by atoms with van der Waals surface area (Å²) in [4.78, 5) is 13.8. The maximum Gasteiger partial charge on any atom is 0.268 e. The van der Waals surface area contributed by atoms with E-state index in [2.05, 4.69) is 0 Å². The second-order valence-corrected chi connectivity index (χ2v) is 4.99. The van der Waals surface area contributed by atoms with Gasteiger partial charge in [0.2, 0.25) is 0 Å². The predicted octanol–water partition coefficient (Wildman–Crippen LogP) is 2.50. The first-order valence-corrected chi connectivity index (χ1v) is 6.56. The summed E-state index contributed by atoms with van der Waals surface area (Å²) in [5.41, 5.74) is 1.36. The van der Waals surface area contributed by atoms with Gasteiger partial charge in [-0.05, 0) is 29.8 Å². The molecule has 5 heteroatoms. The molecule has 0 fully saturated rings. The lowest BCUT2D eigenvalue weighted by Crippen LogP contribution is -2.44. The van der Waals surface area contributed by atoms with Crippen LogP contribution >= 0.6 is 0 Å². The van der Waals surface area contributed by atoms with Crippen LogP contribution < -0.4 is 9.64 Å². The molecule has 1 aliphatic rings. The van der Waals surface area contributed by atoms with Gasteiger partial charge in [0.15, 0.2) is 6.10 Å². The van der Waals surface area contributed by atoms with E-state index in [1.807, 2.05) is 0 Å². The van der Waals surface area contributed by atoms with Gasteiger partial charge in [-0.2, -0.15) is 0 Å². The van der Waals surface area contributed by atoms with Gasteiger partial charge in [0.1, 0.15) is 17.3 Å². The van der Waals surface area contributed by atoms with E-state index >= 15 is 0 Å². The fourth-order valence-electron chi connectivity index (χ4n) is 2.37. The number of carbonyl (C=O) groups excluding carboxylic acids is 1. The fraction of sp³-hybridized carbons (Fsp3) is 0.188. The Kier molecular flexibility index (Phi) is 3.25. The number of aromatic hydroxyl groups is 1. The Labute approximate surface area is 121 Å². The summed E-state index contributed by atoms with van der Waals surface area (Å²) < 4.78 is 18.6. The van der Waals surface area contributed by atoms with Crippen molar-refractivity contribution in [2.45, 2.75) is 12.5 Å². The van der Waals surface area contributed by atoms with Gasteiger partial charge in [0, 0.05) is 19.5 Å². The van der Waals surface area contributed by atoms with Gasteiger partial charge in [0.25, 0.3) is 5.91 Å². The molecule has 4 nitrogen and oxygen atoms in total. The van der Waals surface area contributed by atoms with Crippen LogP contribution in [0.1, 0.15) is 5.56 Å². The molecule has 21 heavy (non-hydrogen) atoms. The molecular weight excluding hydrogens is 273 g/mol. The van der Waals surface area contributed by atoms with Crippen LogP contribution in [0.3, 0.4) is 0 Å². The van der Waals surface area contributed by atoms with E-state index in [0.717, 1.165) is 5.56 Å². The molecule has 108 valence electrons. The van der Waals surface area contributed by atoms with Crippen LogP contribution in [0.15, 0.2) is 42.5 Å². The third-order valence-electron chi connectivity index (χ3n) is 3.51. The number of hydrogen-bond donors (Lipinski definition) is 1. The number of carbonyl (C=O) groups is 1. The third-order valence-corrected chi connectivity index (χ3v) is 3.51. The van der Waals surface area contributed by atoms with E-state index in [9.17, 15) is 14.3 Å². The second kappa shape index (κ2) is 5.09. The number of anilines is 1. The molecule has 0 saturated carbocycles. The summed E-state index contributed by atoms with van der Waals surface area (Å²) in [6.45, 7) is 0. The first-order chi connectivity index (χ1) is 10.0. The summed E-state index contributed by atoms with van der Waals surface area (Å²) in [6.07, 6.45) is -0.290. The lowest BCUT2D eigenvalue weighted by Gasteiger charge is -2.32. The number of amides is 1. The molecule has 0 saturated heterocycles. The average molecular weight is 287 g/mol. The third kappa shape index (κ3) is 2.54. The Hall–Kier alpha value is -2.56. The zero-order chi connectivity index (χ0) is 15.0. The average Bonchev–Trinajstić information content (AvgIpc) is 2.47. The number of halogens is 1. The molecule has 2 aromatic rings. The number of hydrogen-bond acceptors (Lipinski definition) is 3. The van der Waals surface area contributed by atoms with Crippen molar-refractivity contribution < 1.29 is 19.0 Å². The second-order valence-electron chi connectivity index (χ2n) is 4.99. The van der Waals surface area contributed by atoms with E-state index < -0.39 is 6.10 Å². The first kappa shape index (κ1) is 13.4. The molecule has 0 bridgehead atoms. The number of rotatable bonds is 2. The number of nitrogens with zero attached hydrogens (tertiary/aromatic N) is 1. The number of likely N-dealkylation sites (N-methyl/N-ethyl adjacent to an activating group) is 1. The molecular formula is C16H14FNO3. The molecule has 0 aromatic heterocycles. The van der Waals surface area contributed by atoms with E-state index in [1.165, 1.54) is 29.2 Å². The molecule has 1 amide bonds. The molecule has 0 spiro atoms. The molecule has 1 atom stereocenters. The maximum absolute atomic E-state index is 12.9. The van der Waals surface area contributed by atoms with Gasteiger partial charge in [-0.25, -0.2) is 4.39 Å². The number of benzene rings is 2. The van der Waals surface area contributed by atoms with Crippen molar-refractivity contribution in [1.29, 1.82) is 0 Å². The number of fused-ring (bicyclic) bond motifs is 1. The first-order valence-electron chi connectivity index (χ1n) is 6.56. The van der Waals surface area contributed by atoms with Crippen LogP contribution in [0.5, 0.6) is 11.5 Å². The Morgan fingerprint density at radius 2 is 1.95 bits per heavy atom. The van der Waals surface area contributed by atoms with Crippen LogP contribution in [0.25, 0.3) is 0 Å². The van der Waals surface area contributed by atoms with Gasteiger partial charge >= 0.3 is 0 Å². The molecule has 0 aliphatic carbocycles. The van der Waals surface area contributed by atoms with Crippen LogP contribution in [-0.4, -0.2) is 24.2 Å². The quantitative estimate of drug-likeness (QED) is 0.923. The van der Waals surface area contributed by atoms with Crippen molar-refractivity contribution in [1.82, 2.24) is 0 Å². The molecule has 0 radical (unpaired) electrons. The minimum atomic E-state index is -0.655. The van der Waals surface area contributed by atoms with Crippen molar-refractivity contribution in [2.75, 3.05) is 11.9 Å². The standard InChI is InChI=1S/C16H14FNO3/c1-18-13-9-12(19)6-7-14(13)21-15(16(18)20)8-10-2-4-11(17)5-3-10/h2-7,9,15,19H,8H2,1H3. The molecule has 2 aromatic carbocycles. The van der Waals surface area contributed by atoms with Crippen LogP contribution in [-0.2, 0) is 11.2 Å². The summed E-state index contributed by atoms with van der Waals surface area (Å²) in [5.74, 6) is 0.112. The Bertz CT molecular complexity index is 684. The van der Waals surface area contributed by atoms with Gasteiger partial charge in [0.05, 0.1) is 5.69 Å². The largest absolute Gasteiger partial charge is 0.508 e. The monoisotopic (exact) mass is 287 g/mol. The topological polar surface area (TPSA) is 49.8 Å². The Morgan fingerprint density at radius 3 is 2.67 bits per heavy atom. The molecule has 1 unspecified atom stereocenters. The predicted molar refractivity (Wildman–Crippen MR) is 76.0 cm³/mol. The van der Waals surface area contributed by atoms with Crippen molar-refractivity contribution >= 4 is 11.6 Å². The van der Waals surface area contributed by atoms with Crippen LogP contribution in [0.4, 0.5) is 10.1 Å². The zero-order valence-electron chi connectivity index (χ0n) is 11.4. The number of ether oxygens (including phenoxy) is 1. The highest BCUT2D eigenvalue weighted by Crippen LogP contribution is 2.36. The van der Waals surface area contributed by atoms with Crippen molar-refractivity contribution in [3.63, 3.8) is 0 Å². The molecule has 1 N–H and O–H groups in total. The summed E-state index contributed by atoms with van der Waals surface area (Å²) >= 11 is 0. The molecule has 1 heterocycles. The normalized spacial score (nSPS) is 17.3. The molecule has 3 rings (SSSR count). The minimum absolute atomic E-state index is 0.0778. The van der Waals surface area contributed by atoms with Crippen molar-refractivity contribution in [3.05, 3.63) is 53.8 Å². The smallest absolute Gasteiger partial charge is 0.268 e. The van der Waals surface area contributed by atoms with Crippen LogP contribution in [0, 0.1) is 5.82 Å². The lowest BCUT2D eigenvalue weighted by molar-refractivity contribution is -0.125. The van der Waals surface area contributed by atoms with E-state index in [0.29, 0.717) is 17.9 Å². The minimum Gasteiger partial charge on any atom is -0.508 e. The maximum atomic E-state index is 12.9. The summed E-state index contributed by atoms with van der Waals surface area (Å²) in [7, 11) is 1.64. The lowest BCUT2D eigenvalue weighted by atomic mass is 10.0. The van der Waals surface area contributed by atoms with E-state index in [-0.39, 0.29) is 17.5 Å².